The lowest BCUT2D eigenvalue weighted by Crippen LogP contribution is -2.30. The van der Waals surface area contributed by atoms with E-state index >= 15 is 0 Å². The molecule has 2 saturated carbocycles. The number of halogens is 1. The highest BCUT2D eigenvalue weighted by molar-refractivity contribution is 6.30. The van der Waals surface area contributed by atoms with Gasteiger partial charge in [0, 0.05) is 5.02 Å². The van der Waals surface area contributed by atoms with Crippen molar-refractivity contribution in [2.24, 2.45) is 17.8 Å². The summed E-state index contributed by atoms with van der Waals surface area (Å²) in [7, 11) is 0. The van der Waals surface area contributed by atoms with Gasteiger partial charge in [-0.2, -0.15) is 0 Å². The minimum absolute atomic E-state index is 0.0542. The number of carbonyl (C=O) groups excluding carboxylic acids is 1. The standard InChI is InChI=1S/C24H33ClO4/c25-21-10-6-20(7-11-21)24(26)29-22-12-8-19(9-13-22)18-4-1-17(2-5-18)3-14-23-27-15-16-28-23/h6-7,10-11,17-19,22-23H,1-5,8-9,12-16H2/t17-,18-,19?,22?. The fourth-order valence-electron chi connectivity index (χ4n) is 5.38. The zero-order chi connectivity index (χ0) is 20.1. The van der Waals surface area contributed by atoms with Crippen LogP contribution in [0.15, 0.2) is 24.3 Å². The van der Waals surface area contributed by atoms with Crippen LogP contribution in [0.25, 0.3) is 0 Å². The van der Waals surface area contributed by atoms with Crippen molar-refractivity contribution < 1.29 is 19.0 Å². The van der Waals surface area contributed by atoms with Gasteiger partial charge in [-0.3, -0.25) is 0 Å². The van der Waals surface area contributed by atoms with E-state index < -0.39 is 0 Å². The summed E-state index contributed by atoms with van der Waals surface area (Å²) in [5.41, 5.74) is 0.586. The Morgan fingerprint density at radius 2 is 1.45 bits per heavy atom. The normalized spacial score (nSPS) is 30.9. The Balaban J connectivity index is 1.14. The Morgan fingerprint density at radius 3 is 2.07 bits per heavy atom. The molecule has 1 aromatic rings. The maximum absolute atomic E-state index is 12.3. The molecular weight excluding hydrogens is 388 g/mol. The molecule has 0 bridgehead atoms. The summed E-state index contributed by atoms with van der Waals surface area (Å²) in [6, 6.07) is 6.94. The largest absolute Gasteiger partial charge is 0.459 e. The number of hydrogen-bond donors (Lipinski definition) is 0. The fraction of sp³-hybridized carbons (Fsp3) is 0.708. The average Bonchev–Trinajstić information content (AvgIpc) is 3.27. The van der Waals surface area contributed by atoms with Crippen molar-refractivity contribution in [1.29, 1.82) is 0 Å². The van der Waals surface area contributed by atoms with Crippen LogP contribution < -0.4 is 0 Å². The second-order valence-electron chi connectivity index (χ2n) is 8.98. The molecule has 0 aromatic heterocycles. The molecule has 5 heteroatoms. The summed E-state index contributed by atoms with van der Waals surface area (Å²) >= 11 is 5.89. The van der Waals surface area contributed by atoms with Crippen molar-refractivity contribution in [3.05, 3.63) is 34.9 Å². The second kappa shape index (κ2) is 10.3. The van der Waals surface area contributed by atoms with Crippen molar-refractivity contribution in [3.63, 3.8) is 0 Å². The van der Waals surface area contributed by atoms with Crippen LogP contribution >= 0.6 is 11.6 Å². The van der Waals surface area contributed by atoms with Crippen LogP contribution in [-0.4, -0.2) is 31.6 Å². The van der Waals surface area contributed by atoms with Gasteiger partial charge in [0.15, 0.2) is 6.29 Å². The van der Waals surface area contributed by atoms with E-state index in [1.807, 2.05) is 0 Å². The highest BCUT2D eigenvalue weighted by Gasteiger charge is 2.32. The van der Waals surface area contributed by atoms with E-state index in [1.165, 1.54) is 44.9 Å². The van der Waals surface area contributed by atoms with Gasteiger partial charge in [-0.15, -0.1) is 0 Å². The molecule has 1 aliphatic heterocycles. The number of ether oxygens (including phenoxy) is 3. The first-order valence-electron chi connectivity index (χ1n) is 11.4. The molecular formula is C24H33ClO4. The Morgan fingerprint density at radius 1 is 0.862 bits per heavy atom. The molecule has 4 nitrogen and oxygen atoms in total. The van der Waals surface area contributed by atoms with E-state index in [0.29, 0.717) is 10.6 Å². The van der Waals surface area contributed by atoms with Crippen LogP contribution in [0.3, 0.4) is 0 Å². The first-order valence-corrected chi connectivity index (χ1v) is 11.7. The highest BCUT2D eigenvalue weighted by atomic mass is 35.5. The zero-order valence-electron chi connectivity index (χ0n) is 17.2. The van der Waals surface area contributed by atoms with Gasteiger partial charge in [0.1, 0.15) is 6.10 Å². The number of carbonyl (C=O) groups is 1. The molecule has 29 heavy (non-hydrogen) atoms. The van der Waals surface area contributed by atoms with Gasteiger partial charge in [-0.25, -0.2) is 4.79 Å². The quantitative estimate of drug-likeness (QED) is 0.528. The number of esters is 1. The van der Waals surface area contributed by atoms with Gasteiger partial charge >= 0.3 is 5.97 Å². The molecule has 3 aliphatic rings. The zero-order valence-corrected chi connectivity index (χ0v) is 17.9. The molecule has 1 saturated heterocycles. The topological polar surface area (TPSA) is 44.8 Å². The van der Waals surface area contributed by atoms with Gasteiger partial charge in [-0.05, 0) is 93.4 Å². The molecule has 0 unspecified atom stereocenters. The number of hydrogen-bond acceptors (Lipinski definition) is 4. The number of benzene rings is 1. The van der Waals surface area contributed by atoms with Crippen molar-refractivity contribution in [2.75, 3.05) is 13.2 Å². The highest BCUT2D eigenvalue weighted by Crippen LogP contribution is 2.41. The first kappa shape index (κ1) is 21.1. The molecule has 1 heterocycles. The molecule has 0 N–H and O–H groups in total. The Hall–Kier alpha value is -1.10. The van der Waals surface area contributed by atoms with E-state index in [2.05, 4.69) is 0 Å². The van der Waals surface area contributed by atoms with Crippen LogP contribution in [0.2, 0.25) is 5.02 Å². The Bertz CT molecular complexity index is 639. The van der Waals surface area contributed by atoms with E-state index in [-0.39, 0.29) is 18.4 Å². The van der Waals surface area contributed by atoms with E-state index in [0.717, 1.165) is 50.2 Å². The van der Waals surface area contributed by atoms with Crippen LogP contribution in [0.4, 0.5) is 0 Å². The summed E-state index contributed by atoms with van der Waals surface area (Å²) in [6.45, 7) is 1.52. The molecule has 0 atom stereocenters. The lowest BCUT2D eigenvalue weighted by molar-refractivity contribution is -0.0515. The molecule has 4 rings (SSSR count). The summed E-state index contributed by atoms with van der Waals surface area (Å²) in [5, 5.41) is 0.636. The van der Waals surface area contributed by atoms with E-state index in [4.69, 9.17) is 25.8 Å². The third kappa shape index (κ3) is 5.96. The minimum atomic E-state index is -0.221. The summed E-state index contributed by atoms with van der Waals surface area (Å²) in [4.78, 5) is 12.3. The summed E-state index contributed by atoms with van der Waals surface area (Å²) in [6.07, 6.45) is 12.2. The van der Waals surface area contributed by atoms with Crippen LogP contribution in [0, 0.1) is 17.8 Å². The van der Waals surface area contributed by atoms with Crippen LogP contribution in [0.1, 0.15) is 74.6 Å². The molecule has 0 amide bonds. The van der Waals surface area contributed by atoms with Crippen LogP contribution in [0.5, 0.6) is 0 Å². The molecule has 3 fully saturated rings. The monoisotopic (exact) mass is 420 g/mol. The van der Waals surface area contributed by atoms with E-state index in [9.17, 15) is 4.79 Å². The fourth-order valence-corrected chi connectivity index (χ4v) is 5.50. The van der Waals surface area contributed by atoms with Gasteiger partial charge in [0.05, 0.1) is 18.8 Å². The van der Waals surface area contributed by atoms with Gasteiger partial charge in [0.2, 0.25) is 0 Å². The molecule has 2 aliphatic carbocycles. The first-order chi connectivity index (χ1) is 14.2. The Labute approximate surface area is 179 Å². The van der Waals surface area contributed by atoms with Gasteiger partial charge < -0.3 is 14.2 Å². The van der Waals surface area contributed by atoms with Crippen molar-refractivity contribution >= 4 is 17.6 Å². The second-order valence-corrected chi connectivity index (χ2v) is 9.41. The number of rotatable bonds is 6. The predicted molar refractivity (Wildman–Crippen MR) is 113 cm³/mol. The molecule has 0 spiro atoms. The SMILES string of the molecule is O=C(OC1CCC([C@H]2CC[C@H](CCC3OCCO3)CC2)CC1)c1ccc(Cl)cc1. The summed E-state index contributed by atoms with van der Waals surface area (Å²) < 4.78 is 16.9. The third-order valence-electron chi connectivity index (χ3n) is 7.13. The van der Waals surface area contributed by atoms with Crippen LogP contribution in [-0.2, 0) is 14.2 Å². The predicted octanol–water partition coefficient (Wildman–Crippen LogP) is 6.02. The third-order valence-corrected chi connectivity index (χ3v) is 7.38. The van der Waals surface area contributed by atoms with Gasteiger partial charge in [-0.1, -0.05) is 24.4 Å². The maximum Gasteiger partial charge on any atom is 0.338 e. The average molecular weight is 421 g/mol. The smallest absolute Gasteiger partial charge is 0.338 e. The maximum atomic E-state index is 12.3. The molecule has 1 aromatic carbocycles. The van der Waals surface area contributed by atoms with Crippen molar-refractivity contribution in [2.45, 2.75) is 76.6 Å². The lowest BCUT2D eigenvalue weighted by atomic mass is 9.70. The lowest BCUT2D eigenvalue weighted by Gasteiger charge is -2.37. The van der Waals surface area contributed by atoms with Crippen molar-refractivity contribution in [1.82, 2.24) is 0 Å². The molecule has 0 radical (unpaired) electrons. The Kier molecular flexibility index (Phi) is 7.49. The minimum Gasteiger partial charge on any atom is -0.459 e. The van der Waals surface area contributed by atoms with Gasteiger partial charge in [0.25, 0.3) is 0 Å². The van der Waals surface area contributed by atoms with Crippen molar-refractivity contribution in [3.8, 4) is 0 Å². The molecule has 160 valence electrons. The summed E-state index contributed by atoms with van der Waals surface area (Å²) in [5.74, 6) is 2.29. The van der Waals surface area contributed by atoms with E-state index in [1.54, 1.807) is 24.3 Å².